The van der Waals surface area contributed by atoms with E-state index in [0.717, 1.165) is 33.8 Å². The van der Waals surface area contributed by atoms with Gasteiger partial charge in [0.15, 0.2) is 0 Å². The van der Waals surface area contributed by atoms with Crippen LogP contribution in [0.4, 0.5) is 14.5 Å². The number of hydrogen-bond acceptors (Lipinski definition) is 5. The van der Waals surface area contributed by atoms with Gasteiger partial charge in [0.2, 0.25) is 0 Å². The summed E-state index contributed by atoms with van der Waals surface area (Å²) in [5, 5.41) is 10.2. The summed E-state index contributed by atoms with van der Waals surface area (Å²) >= 11 is 0. The minimum Gasteiger partial charge on any atom is -0.378 e. The van der Waals surface area contributed by atoms with Crippen molar-refractivity contribution in [1.29, 1.82) is 5.26 Å². The van der Waals surface area contributed by atoms with Crippen molar-refractivity contribution in [3.8, 4) is 28.3 Å². The lowest BCUT2D eigenvalue weighted by Crippen LogP contribution is -2.51. The third-order valence-electron chi connectivity index (χ3n) is 6.57. The summed E-state index contributed by atoms with van der Waals surface area (Å²) < 4.78 is 34.0. The van der Waals surface area contributed by atoms with Crippen molar-refractivity contribution < 1.29 is 13.5 Å². The van der Waals surface area contributed by atoms with Crippen molar-refractivity contribution in [1.82, 2.24) is 4.98 Å². The Morgan fingerprint density at radius 1 is 1.03 bits per heavy atom. The van der Waals surface area contributed by atoms with Gasteiger partial charge >= 0.3 is 0 Å². The maximum Gasteiger partial charge on any atom is 0.126 e. The molecule has 0 spiro atoms. The Morgan fingerprint density at radius 3 is 2.54 bits per heavy atom. The van der Waals surface area contributed by atoms with Gasteiger partial charge in [0.25, 0.3) is 0 Å². The van der Waals surface area contributed by atoms with Gasteiger partial charge in [0.1, 0.15) is 11.6 Å². The molecule has 5 nitrogen and oxygen atoms in total. The SMILES string of the molecule is COC1CN(c2c(-c3cc(F)cc(F)c3)cnc3ccc(-c4cccc(C#N)c4)cc23)CCC1N. The van der Waals surface area contributed by atoms with Gasteiger partial charge in [-0.1, -0.05) is 18.2 Å². The normalized spacial score (nSPS) is 18.0. The highest BCUT2D eigenvalue weighted by Gasteiger charge is 2.29. The lowest BCUT2D eigenvalue weighted by atomic mass is 9.95. The number of hydrogen-bond donors (Lipinski definition) is 1. The Kier molecular flexibility index (Phi) is 6.16. The smallest absolute Gasteiger partial charge is 0.126 e. The number of halogens is 2. The van der Waals surface area contributed by atoms with Gasteiger partial charge in [0.05, 0.1) is 28.9 Å². The second-order valence-corrected chi connectivity index (χ2v) is 8.78. The number of fused-ring (bicyclic) bond motifs is 1. The quantitative estimate of drug-likeness (QED) is 0.440. The van der Waals surface area contributed by atoms with E-state index in [9.17, 15) is 14.0 Å². The maximum absolute atomic E-state index is 14.2. The number of rotatable bonds is 4. The van der Waals surface area contributed by atoms with Gasteiger partial charge in [-0.05, 0) is 59.5 Å². The molecule has 1 saturated heterocycles. The lowest BCUT2D eigenvalue weighted by molar-refractivity contribution is 0.0731. The van der Waals surface area contributed by atoms with E-state index in [1.54, 1.807) is 19.4 Å². The van der Waals surface area contributed by atoms with E-state index in [-0.39, 0.29) is 12.1 Å². The van der Waals surface area contributed by atoms with Gasteiger partial charge in [-0.2, -0.15) is 5.26 Å². The van der Waals surface area contributed by atoms with Crippen LogP contribution in [0.2, 0.25) is 0 Å². The zero-order valence-corrected chi connectivity index (χ0v) is 19.2. The Morgan fingerprint density at radius 2 is 1.80 bits per heavy atom. The monoisotopic (exact) mass is 470 g/mol. The highest BCUT2D eigenvalue weighted by molar-refractivity contribution is 6.01. The standard InChI is InChI=1S/C28H24F2N4O/c1-35-27-16-34(8-7-25(27)32)28-23-12-19(18-4-2-3-17(9-18)14-31)5-6-26(23)33-15-24(28)20-10-21(29)13-22(30)11-20/h2-6,9-13,15,25,27H,7-8,16,32H2,1H3. The summed E-state index contributed by atoms with van der Waals surface area (Å²) in [4.78, 5) is 6.78. The molecule has 0 amide bonds. The molecule has 0 bridgehead atoms. The molecule has 35 heavy (non-hydrogen) atoms. The Hall–Kier alpha value is -3.86. The van der Waals surface area contributed by atoms with Gasteiger partial charge in [-0.15, -0.1) is 0 Å². The number of nitrogens with two attached hydrogens (primary N) is 1. The van der Waals surface area contributed by atoms with E-state index in [1.165, 1.54) is 12.1 Å². The van der Waals surface area contributed by atoms with Crippen molar-refractivity contribution in [3.05, 3.63) is 84.1 Å². The molecule has 1 fully saturated rings. The Labute approximate surface area is 202 Å². The van der Waals surface area contributed by atoms with Crippen molar-refractivity contribution in [2.45, 2.75) is 18.6 Å². The predicted octanol–water partition coefficient (Wildman–Crippen LogP) is 5.27. The van der Waals surface area contributed by atoms with E-state index < -0.39 is 11.6 Å². The zero-order chi connectivity index (χ0) is 24.5. The van der Waals surface area contributed by atoms with E-state index in [0.29, 0.717) is 36.2 Å². The molecule has 1 aliphatic heterocycles. The molecular formula is C28H24F2N4O. The van der Waals surface area contributed by atoms with Crippen LogP contribution in [-0.2, 0) is 4.74 Å². The van der Waals surface area contributed by atoms with E-state index >= 15 is 0 Å². The summed E-state index contributed by atoms with van der Waals surface area (Å²) in [6.07, 6.45) is 2.20. The first-order valence-electron chi connectivity index (χ1n) is 11.4. The number of ether oxygens (including phenoxy) is 1. The summed E-state index contributed by atoms with van der Waals surface area (Å²) in [6, 6.07) is 18.9. The van der Waals surface area contributed by atoms with Crippen LogP contribution in [0, 0.1) is 23.0 Å². The molecule has 176 valence electrons. The number of nitriles is 1. The number of nitrogens with zero attached hydrogens (tertiary/aromatic N) is 3. The molecule has 0 radical (unpaired) electrons. The highest BCUT2D eigenvalue weighted by Crippen LogP contribution is 2.40. The van der Waals surface area contributed by atoms with Crippen LogP contribution in [0.3, 0.4) is 0 Å². The summed E-state index contributed by atoms with van der Waals surface area (Å²) in [5.41, 5.74) is 11.3. The van der Waals surface area contributed by atoms with Gasteiger partial charge in [-0.25, -0.2) is 8.78 Å². The number of aromatic nitrogens is 1. The average molecular weight is 471 g/mol. The summed E-state index contributed by atoms with van der Waals surface area (Å²) in [7, 11) is 1.64. The van der Waals surface area contributed by atoms with Crippen LogP contribution in [0.5, 0.6) is 0 Å². The van der Waals surface area contributed by atoms with Crippen LogP contribution in [0.1, 0.15) is 12.0 Å². The molecule has 5 rings (SSSR count). The predicted molar refractivity (Wildman–Crippen MR) is 133 cm³/mol. The van der Waals surface area contributed by atoms with Crippen molar-refractivity contribution in [2.75, 3.05) is 25.1 Å². The fourth-order valence-corrected chi connectivity index (χ4v) is 4.77. The van der Waals surface area contributed by atoms with Gasteiger partial charge in [-0.3, -0.25) is 4.98 Å². The van der Waals surface area contributed by atoms with Crippen LogP contribution < -0.4 is 10.6 Å². The first-order valence-corrected chi connectivity index (χ1v) is 11.4. The molecule has 2 heterocycles. The number of pyridine rings is 1. The Bertz CT molecular complexity index is 1430. The van der Waals surface area contributed by atoms with Gasteiger partial charge in [0, 0.05) is 49.5 Å². The maximum atomic E-state index is 14.2. The molecule has 2 atom stereocenters. The third kappa shape index (κ3) is 4.46. The molecule has 7 heteroatoms. The molecule has 4 aromatic rings. The van der Waals surface area contributed by atoms with Crippen molar-refractivity contribution >= 4 is 16.6 Å². The minimum absolute atomic E-state index is 0.0938. The Balaban J connectivity index is 1.74. The topological polar surface area (TPSA) is 75.2 Å². The van der Waals surface area contributed by atoms with Crippen LogP contribution in [0.15, 0.2) is 66.9 Å². The zero-order valence-electron chi connectivity index (χ0n) is 19.2. The summed E-state index contributed by atoms with van der Waals surface area (Å²) in [5.74, 6) is -1.30. The second kappa shape index (κ2) is 9.41. The first-order chi connectivity index (χ1) is 17.0. The highest BCUT2D eigenvalue weighted by atomic mass is 19.1. The number of methoxy groups -OCH3 is 1. The average Bonchev–Trinajstić information content (AvgIpc) is 2.87. The summed E-state index contributed by atoms with van der Waals surface area (Å²) in [6.45, 7) is 1.20. The molecule has 1 aromatic heterocycles. The van der Waals surface area contributed by atoms with Crippen molar-refractivity contribution in [2.24, 2.45) is 5.73 Å². The van der Waals surface area contributed by atoms with Crippen molar-refractivity contribution in [3.63, 3.8) is 0 Å². The minimum atomic E-state index is -0.649. The molecule has 1 aliphatic rings. The molecular weight excluding hydrogens is 446 g/mol. The molecule has 2 N–H and O–H groups in total. The van der Waals surface area contributed by atoms with Crippen LogP contribution in [-0.4, -0.2) is 37.3 Å². The van der Waals surface area contributed by atoms with Gasteiger partial charge < -0.3 is 15.4 Å². The molecule has 2 unspecified atom stereocenters. The van der Waals surface area contributed by atoms with E-state index in [2.05, 4.69) is 16.0 Å². The van der Waals surface area contributed by atoms with Crippen LogP contribution >= 0.6 is 0 Å². The molecule has 0 saturated carbocycles. The fraction of sp³-hybridized carbons (Fsp3) is 0.214. The number of benzene rings is 3. The fourth-order valence-electron chi connectivity index (χ4n) is 4.77. The largest absolute Gasteiger partial charge is 0.378 e. The number of anilines is 1. The van der Waals surface area contributed by atoms with E-state index in [4.69, 9.17) is 10.5 Å². The second-order valence-electron chi connectivity index (χ2n) is 8.78. The molecule has 3 aromatic carbocycles. The lowest BCUT2D eigenvalue weighted by Gasteiger charge is -2.38. The van der Waals surface area contributed by atoms with Crippen LogP contribution in [0.25, 0.3) is 33.2 Å². The number of piperidine rings is 1. The first kappa shape index (κ1) is 22.9. The molecule has 0 aliphatic carbocycles. The third-order valence-corrected chi connectivity index (χ3v) is 6.57. The van der Waals surface area contributed by atoms with E-state index in [1.807, 2.05) is 36.4 Å².